The van der Waals surface area contributed by atoms with Crippen molar-refractivity contribution in [2.45, 2.75) is 13.0 Å². The van der Waals surface area contributed by atoms with Crippen molar-refractivity contribution >= 4 is 0 Å². The third kappa shape index (κ3) is 2.39. The molecule has 1 atom stereocenters. The summed E-state index contributed by atoms with van der Waals surface area (Å²) in [4.78, 5) is 0. The van der Waals surface area contributed by atoms with Crippen LogP contribution < -0.4 is 0 Å². The van der Waals surface area contributed by atoms with Crippen LogP contribution in [0.5, 0.6) is 0 Å². The van der Waals surface area contributed by atoms with Crippen LogP contribution in [-0.2, 0) is 0 Å². The van der Waals surface area contributed by atoms with E-state index in [1.165, 1.54) is 12.1 Å². The first-order valence-corrected chi connectivity index (χ1v) is 5.56. The lowest BCUT2D eigenvalue weighted by atomic mass is 9.97. The zero-order valence-electron chi connectivity index (χ0n) is 9.89. The number of halogens is 1. The monoisotopic (exact) mass is 241 g/mol. The van der Waals surface area contributed by atoms with Crippen LogP contribution in [0.1, 0.15) is 28.4 Å². The van der Waals surface area contributed by atoms with E-state index >= 15 is 0 Å². The number of nitrogens with zero attached hydrogens (tertiary/aromatic N) is 1. The molecule has 0 heterocycles. The van der Waals surface area contributed by atoms with Crippen LogP contribution in [0.2, 0.25) is 0 Å². The molecule has 2 aromatic rings. The Bertz CT molecular complexity index is 599. The predicted octanol–water partition coefficient (Wildman–Crippen LogP) is 3.09. The fourth-order valence-corrected chi connectivity index (χ4v) is 1.83. The molecular weight excluding hydrogens is 229 g/mol. The Morgan fingerprint density at radius 2 is 1.83 bits per heavy atom. The Balaban J connectivity index is 2.38. The van der Waals surface area contributed by atoms with Gasteiger partial charge >= 0.3 is 0 Å². The Labute approximate surface area is 105 Å². The number of hydrogen-bond acceptors (Lipinski definition) is 2. The number of aliphatic hydroxyl groups excluding tert-OH is 1. The minimum Gasteiger partial charge on any atom is -0.384 e. The van der Waals surface area contributed by atoms with Gasteiger partial charge in [0.05, 0.1) is 11.6 Å². The maximum absolute atomic E-state index is 13.2. The van der Waals surface area contributed by atoms with Crippen LogP contribution in [0.15, 0.2) is 42.5 Å². The Hall–Kier alpha value is -2.18. The molecule has 0 fully saturated rings. The van der Waals surface area contributed by atoms with Crippen LogP contribution in [0.4, 0.5) is 4.39 Å². The molecule has 18 heavy (non-hydrogen) atoms. The van der Waals surface area contributed by atoms with Gasteiger partial charge in [-0.1, -0.05) is 18.2 Å². The number of nitriles is 1. The van der Waals surface area contributed by atoms with Gasteiger partial charge in [0.25, 0.3) is 0 Å². The molecule has 0 aliphatic carbocycles. The van der Waals surface area contributed by atoms with Gasteiger partial charge in [0.1, 0.15) is 11.9 Å². The first kappa shape index (κ1) is 12.3. The molecule has 90 valence electrons. The van der Waals surface area contributed by atoms with Crippen LogP contribution in [0.25, 0.3) is 0 Å². The highest BCUT2D eigenvalue weighted by molar-refractivity contribution is 5.38. The van der Waals surface area contributed by atoms with E-state index in [2.05, 4.69) is 0 Å². The van der Waals surface area contributed by atoms with Gasteiger partial charge in [0.15, 0.2) is 0 Å². The van der Waals surface area contributed by atoms with Gasteiger partial charge in [-0.25, -0.2) is 4.39 Å². The zero-order chi connectivity index (χ0) is 13.1. The van der Waals surface area contributed by atoms with Crippen LogP contribution in [-0.4, -0.2) is 5.11 Å². The van der Waals surface area contributed by atoms with E-state index in [0.717, 1.165) is 5.56 Å². The van der Waals surface area contributed by atoms with E-state index in [4.69, 9.17) is 5.26 Å². The lowest BCUT2D eigenvalue weighted by molar-refractivity contribution is 0.219. The first-order valence-electron chi connectivity index (χ1n) is 5.56. The second-order valence-electron chi connectivity index (χ2n) is 4.14. The molecule has 1 unspecified atom stereocenters. The van der Waals surface area contributed by atoms with Gasteiger partial charge in [-0.3, -0.25) is 0 Å². The zero-order valence-corrected chi connectivity index (χ0v) is 9.89. The van der Waals surface area contributed by atoms with Crippen molar-refractivity contribution in [2.75, 3.05) is 0 Å². The normalized spacial score (nSPS) is 11.9. The third-order valence-electron chi connectivity index (χ3n) is 2.89. The van der Waals surface area contributed by atoms with Crippen molar-refractivity contribution in [1.82, 2.24) is 0 Å². The Morgan fingerprint density at radius 1 is 1.17 bits per heavy atom. The highest BCUT2D eigenvalue weighted by Gasteiger charge is 2.13. The van der Waals surface area contributed by atoms with E-state index in [0.29, 0.717) is 16.7 Å². The molecule has 0 aliphatic rings. The van der Waals surface area contributed by atoms with Gasteiger partial charge in [-0.05, 0) is 47.9 Å². The minimum atomic E-state index is -0.881. The molecule has 0 saturated heterocycles. The van der Waals surface area contributed by atoms with Gasteiger partial charge < -0.3 is 5.11 Å². The predicted molar refractivity (Wildman–Crippen MR) is 66.4 cm³/mol. The summed E-state index contributed by atoms with van der Waals surface area (Å²) < 4.78 is 13.2. The minimum absolute atomic E-state index is 0.372. The second kappa shape index (κ2) is 4.99. The number of aliphatic hydroxyl groups is 1. The van der Waals surface area contributed by atoms with E-state index in [1.807, 2.05) is 13.0 Å². The molecule has 0 spiro atoms. The van der Waals surface area contributed by atoms with Crippen molar-refractivity contribution in [3.63, 3.8) is 0 Å². The topological polar surface area (TPSA) is 44.0 Å². The molecule has 0 saturated carbocycles. The van der Waals surface area contributed by atoms with Crippen molar-refractivity contribution in [1.29, 1.82) is 5.26 Å². The average Bonchev–Trinajstić information content (AvgIpc) is 2.41. The molecule has 3 heteroatoms. The third-order valence-corrected chi connectivity index (χ3v) is 2.89. The highest BCUT2D eigenvalue weighted by Crippen LogP contribution is 2.25. The number of benzene rings is 2. The summed E-state index contributed by atoms with van der Waals surface area (Å²) in [6.45, 7) is 1.82. The summed E-state index contributed by atoms with van der Waals surface area (Å²) in [7, 11) is 0. The standard InChI is InChI=1S/C15H12FNO/c1-10-2-7-13(16)8-14(10)15(18)12-5-3-11(9-17)4-6-12/h2-8,15,18H,1H3. The molecule has 0 bridgehead atoms. The summed E-state index contributed by atoms with van der Waals surface area (Å²) in [6, 6.07) is 13.0. The second-order valence-corrected chi connectivity index (χ2v) is 4.14. The van der Waals surface area contributed by atoms with Crippen molar-refractivity contribution in [2.24, 2.45) is 0 Å². The molecule has 1 N–H and O–H groups in total. The van der Waals surface area contributed by atoms with Gasteiger partial charge in [0, 0.05) is 0 Å². The molecule has 0 aliphatic heterocycles. The van der Waals surface area contributed by atoms with Crippen LogP contribution >= 0.6 is 0 Å². The fourth-order valence-electron chi connectivity index (χ4n) is 1.83. The Morgan fingerprint density at radius 3 is 2.44 bits per heavy atom. The number of rotatable bonds is 2. The lowest BCUT2D eigenvalue weighted by Crippen LogP contribution is -2.02. The summed E-state index contributed by atoms with van der Waals surface area (Å²) in [5, 5.41) is 18.9. The summed E-state index contributed by atoms with van der Waals surface area (Å²) in [6.07, 6.45) is -0.881. The molecule has 2 nitrogen and oxygen atoms in total. The van der Waals surface area contributed by atoms with Gasteiger partial charge in [0.2, 0.25) is 0 Å². The molecule has 2 rings (SSSR count). The fraction of sp³-hybridized carbons (Fsp3) is 0.133. The molecule has 0 amide bonds. The summed E-state index contributed by atoms with van der Waals surface area (Å²) in [5.41, 5.74) is 2.54. The average molecular weight is 241 g/mol. The number of hydrogen-bond donors (Lipinski definition) is 1. The smallest absolute Gasteiger partial charge is 0.123 e. The summed E-state index contributed by atoms with van der Waals surface area (Å²) >= 11 is 0. The van der Waals surface area contributed by atoms with E-state index < -0.39 is 6.10 Å². The van der Waals surface area contributed by atoms with Crippen LogP contribution in [0.3, 0.4) is 0 Å². The van der Waals surface area contributed by atoms with Gasteiger partial charge in [-0.2, -0.15) is 5.26 Å². The maximum atomic E-state index is 13.2. The SMILES string of the molecule is Cc1ccc(F)cc1C(O)c1ccc(C#N)cc1. The van der Waals surface area contributed by atoms with E-state index in [-0.39, 0.29) is 5.82 Å². The molecule has 0 aromatic heterocycles. The first-order chi connectivity index (χ1) is 8.61. The quantitative estimate of drug-likeness (QED) is 0.878. The molecule has 2 aromatic carbocycles. The van der Waals surface area contributed by atoms with Crippen molar-refractivity contribution < 1.29 is 9.50 Å². The number of aryl methyl sites for hydroxylation is 1. The molecule has 0 radical (unpaired) electrons. The van der Waals surface area contributed by atoms with Crippen molar-refractivity contribution in [3.05, 3.63) is 70.5 Å². The highest BCUT2D eigenvalue weighted by atomic mass is 19.1. The van der Waals surface area contributed by atoms with Crippen molar-refractivity contribution in [3.8, 4) is 6.07 Å². The van der Waals surface area contributed by atoms with Crippen LogP contribution in [0, 0.1) is 24.1 Å². The molecular formula is C15H12FNO. The maximum Gasteiger partial charge on any atom is 0.123 e. The van der Waals surface area contributed by atoms with E-state index in [1.54, 1.807) is 30.3 Å². The largest absolute Gasteiger partial charge is 0.384 e. The lowest BCUT2D eigenvalue weighted by Gasteiger charge is -2.14. The summed E-state index contributed by atoms with van der Waals surface area (Å²) in [5.74, 6) is -0.372. The van der Waals surface area contributed by atoms with Gasteiger partial charge in [-0.15, -0.1) is 0 Å². The van der Waals surface area contributed by atoms with E-state index in [9.17, 15) is 9.50 Å². The Kier molecular flexibility index (Phi) is 3.40.